The summed E-state index contributed by atoms with van der Waals surface area (Å²) in [4.78, 5) is 0. The zero-order valence-electron chi connectivity index (χ0n) is 7.47. The van der Waals surface area contributed by atoms with E-state index in [1.54, 1.807) is 5.57 Å². The molecule has 62 valence electrons. The van der Waals surface area contributed by atoms with Crippen LogP contribution >= 0.6 is 0 Å². The molecule has 0 heterocycles. The van der Waals surface area contributed by atoms with E-state index >= 15 is 0 Å². The number of rotatable bonds is 4. The summed E-state index contributed by atoms with van der Waals surface area (Å²) in [5, 5.41) is 0. The first-order valence-corrected chi connectivity index (χ1v) is 4.79. The first kappa shape index (κ1) is 8.58. The van der Waals surface area contributed by atoms with Gasteiger partial charge in [0, 0.05) is 0 Å². The van der Waals surface area contributed by atoms with E-state index in [-0.39, 0.29) is 0 Å². The monoisotopic (exact) mass is 150 g/mol. The number of hydrogen-bond donors (Lipinski definition) is 0. The van der Waals surface area contributed by atoms with Gasteiger partial charge in [0.05, 0.1) is 0 Å². The Bertz CT molecular complexity index is 151. The Kier molecular flexibility index (Phi) is 4.03. The molecule has 1 aliphatic carbocycles. The van der Waals surface area contributed by atoms with Gasteiger partial charge in [0.25, 0.3) is 0 Å². The second kappa shape index (κ2) is 5.17. The van der Waals surface area contributed by atoms with Crippen LogP contribution in [0.3, 0.4) is 0 Å². The van der Waals surface area contributed by atoms with E-state index in [1.165, 1.54) is 38.5 Å². The number of unbranched alkanes of at least 4 members (excludes halogenated alkanes) is 2. The zero-order chi connectivity index (χ0) is 7.94. The third kappa shape index (κ3) is 3.41. The molecule has 0 nitrogen and oxygen atoms in total. The topological polar surface area (TPSA) is 0 Å². The van der Waals surface area contributed by atoms with E-state index in [9.17, 15) is 0 Å². The van der Waals surface area contributed by atoms with Gasteiger partial charge in [-0.2, -0.15) is 0 Å². The molecule has 0 unspecified atom stereocenters. The molecule has 0 spiro atoms. The van der Waals surface area contributed by atoms with E-state index in [0.29, 0.717) is 0 Å². The van der Waals surface area contributed by atoms with Gasteiger partial charge in [-0.25, -0.2) is 0 Å². The van der Waals surface area contributed by atoms with Crippen molar-refractivity contribution < 1.29 is 0 Å². The molecule has 0 aromatic rings. The Morgan fingerprint density at radius 2 is 2.45 bits per heavy atom. The Balaban J connectivity index is 2.13. The van der Waals surface area contributed by atoms with Gasteiger partial charge in [0.15, 0.2) is 0 Å². The van der Waals surface area contributed by atoms with Gasteiger partial charge in [-0.15, -0.1) is 0 Å². The summed E-state index contributed by atoms with van der Waals surface area (Å²) in [5.74, 6) is 0. The van der Waals surface area contributed by atoms with Crippen LogP contribution in [-0.2, 0) is 0 Å². The SMILES string of the molecule is CCCC/C=C/C1=CCCC1. The molecule has 0 aromatic carbocycles. The highest BCUT2D eigenvalue weighted by atomic mass is 14.0. The van der Waals surface area contributed by atoms with Crippen molar-refractivity contribution in [1.29, 1.82) is 0 Å². The lowest BCUT2D eigenvalue weighted by Crippen LogP contribution is -1.70. The highest BCUT2D eigenvalue weighted by Gasteiger charge is 1.98. The molecule has 0 amide bonds. The Morgan fingerprint density at radius 1 is 1.55 bits per heavy atom. The molecule has 1 aliphatic rings. The smallest absolute Gasteiger partial charge is 0.0279 e. The molecule has 0 heteroatoms. The van der Waals surface area contributed by atoms with Crippen LogP contribution in [-0.4, -0.2) is 0 Å². The van der Waals surface area contributed by atoms with Gasteiger partial charge in [0.2, 0.25) is 0 Å². The third-order valence-corrected chi connectivity index (χ3v) is 2.13. The second-order valence-corrected chi connectivity index (χ2v) is 3.22. The van der Waals surface area contributed by atoms with Crippen molar-refractivity contribution in [2.75, 3.05) is 0 Å². The average molecular weight is 150 g/mol. The molecule has 0 fully saturated rings. The van der Waals surface area contributed by atoms with E-state index < -0.39 is 0 Å². The Morgan fingerprint density at radius 3 is 3.09 bits per heavy atom. The predicted octanol–water partition coefficient (Wildman–Crippen LogP) is 3.84. The van der Waals surface area contributed by atoms with Gasteiger partial charge in [-0.1, -0.05) is 43.6 Å². The highest BCUT2D eigenvalue weighted by Crippen LogP contribution is 2.18. The van der Waals surface area contributed by atoms with Gasteiger partial charge in [-0.05, 0) is 25.7 Å². The maximum Gasteiger partial charge on any atom is -0.0279 e. The minimum atomic E-state index is 1.26. The van der Waals surface area contributed by atoms with Crippen LogP contribution in [0.1, 0.15) is 45.4 Å². The zero-order valence-corrected chi connectivity index (χ0v) is 7.47. The van der Waals surface area contributed by atoms with Crippen LogP contribution in [0.5, 0.6) is 0 Å². The number of hydrogen-bond acceptors (Lipinski definition) is 0. The molecular formula is C11H18. The fourth-order valence-electron chi connectivity index (χ4n) is 1.40. The fraction of sp³-hybridized carbons (Fsp3) is 0.636. The lowest BCUT2D eigenvalue weighted by atomic mass is 10.2. The van der Waals surface area contributed by atoms with Crippen molar-refractivity contribution in [2.45, 2.75) is 45.4 Å². The van der Waals surface area contributed by atoms with Crippen LogP contribution in [0.15, 0.2) is 23.8 Å². The van der Waals surface area contributed by atoms with Gasteiger partial charge >= 0.3 is 0 Å². The summed E-state index contributed by atoms with van der Waals surface area (Å²) >= 11 is 0. The van der Waals surface area contributed by atoms with E-state index in [1.807, 2.05) is 0 Å². The molecule has 11 heavy (non-hydrogen) atoms. The maximum atomic E-state index is 2.36. The molecular weight excluding hydrogens is 132 g/mol. The van der Waals surface area contributed by atoms with Crippen molar-refractivity contribution in [3.63, 3.8) is 0 Å². The third-order valence-electron chi connectivity index (χ3n) is 2.13. The molecule has 0 N–H and O–H groups in total. The summed E-state index contributed by atoms with van der Waals surface area (Å²) in [6.07, 6.45) is 14.9. The molecule has 0 bridgehead atoms. The fourth-order valence-corrected chi connectivity index (χ4v) is 1.40. The van der Waals surface area contributed by atoms with E-state index in [0.717, 1.165) is 0 Å². The Labute approximate surface area is 70.0 Å². The summed E-state index contributed by atoms with van der Waals surface area (Å²) in [5.41, 5.74) is 1.56. The Hall–Kier alpha value is -0.520. The van der Waals surface area contributed by atoms with Crippen LogP contribution in [0.25, 0.3) is 0 Å². The minimum absolute atomic E-state index is 1.26. The lowest BCUT2D eigenvalue weighted by Gasteiger charge is -1.91. The molecule has 0 atom stereocenters. The van der Waals surface area contributed by atoms with Crippen molar-refractivity contribution in [2.24, 2.45) is 0 Å². The van der Waals surface area contributed by atoms with Crippen molar-refractivity contribution in [3.8, 4) is 0 Å². The van der Waals surface area contributed by atoms with Crippen LogP contribution in [0.4, 0.5) is 0 Å². The summed E-state index contributed by atoms with van der Waals surface area (Å²) in [6.45, 7) is 2.24. The van der Waals surface area contributed by atoms with Gasteiger partial charge in [-0.3, -0.25) is 0 Å². The molecule has 0 saturated carbocycles. The van der Waals surface area contributed by atoms with Crippen molar-refractivity contribution in [3.05, 3.63) is 23.8 Å². The maximum absolute atomic E-state index is 2.36. The number of allylic oxidation sites excluding steroid dienone is 4. The van der Waals surface area contributed by atoms with Crippen LogP contribution in [0, 0.1) is 0 Å². The van der Waals surface area contributed by atoms with Gasteiger partial charge in [0.1, 0.15) is 0 Å². The largest absolute Gasteiger partial charge is 0.0843 e. The van der Waals surface area contributed by atoms with Crippen LogP contribution in [0.2, 0.25) is 0 Å². The first-order chi connectivity index (χ1) is 5.43. The molecule has 0 saturated heterocycles. The van der Waals surface area contributed by atoms with Gasteiger partial charge < -0.3 is 0 Å². The summed E-state index contributed by atoms with van der Waals surface area (Å²) < 4.78 is 0. The second-order valence-electron chi connectivity index (χ2n) is 3.22. The quantitative estimate of drug-likeness (QED) is 0.534. The average Bonchev–Trinajstić information content (AvgIpc) is 2.50. The molecule has 1 rings (SSSR count). The highest BCUT2D eigenvalue weighted by molar-refractivity contribution is 5.21. The summed E-state index contributed by atoms with van der Waals surface area (Å²) in [6, 6.07) is 0. The lowest BCUT2D eigenvalue weighted by molar-refractivity contribution is 0.813. The minimum Gasteiger partial charge on any atom is -0.0843 e. The molecule has 0 aromatic heterocycles. The van der Waals surface area contributed by atoms with Crippen molar-refractivity contribution >= 4 is 0 Å². The van der Waals surface area contributed by atoms with Crippen LogP contribution < -0.4 is 0 Å². The summed E-state index contributed by atoms with van der Waals surface area (Å²) in [7, 11) is 0. The predicted molar refractivity (Wildman–Crippen MR) is 50.6 cm³/mol. The molecule has 0 aliphatic heterocycles. The molecule has 0 radical (unpaired) electrons. The van der Waals surface area contributed by atoms with E-state index in [2.05, 4.69) is 25.2 Å². The first-order valence-electron chi connectivity index (χ1n) is 4.79. The normalized spacial score (nSPS) is 17.7. The van der Waals surface area contributed by atoms with Crippen molar-refractivity contribution in [1.82, 2.24) is 0 Å². The standard InChI is InChI=1S/C11H18/c1-2-3-4-5-8-11-9-6-7-10-11/h5,8-9H,2-4,6-7,10H2,1H3/b8-5+. The van der Waals surface area contributed by atoms with E-state index in [4.69, 9.17) is 0 Å².